The number of nitrogens with one attached hydrogen (secondary N) is 3. The minimum absolute atomic E-state index is 0.0601. The van der Waals surface area contributed by atoms with E-state index in [1.807, 2.05) is 17.5 Å². The van der Waals surface area contributed by atoms with Crippen LogP contribution in [0.3, 0.4) is 0 Å². The van der Waals surface area contributed by atoms with Crippen LogP contribution in [-0.4, -0.2) is 18.4 Å². The van der Waals surface area contributed by atoms with E-state index in [9.17, 15) is 9.59 Å². The van der Waals surface area contributed by atoms with Gasteiger partial charge in [-0.2, -0.15) is 0 Å². The molecule has 0 unspecified atom stereocenters. The van der Waals surface area contributed by atoms with Crippen LogP contribution < -0.4 is 16.0 Å². The van der Waals surface area contributed by atoms with Crippen LogP contribution in [0.2, 0.25) is 0 Å². The van der Waals surface area contributed by atoms with Crippen LogP contribution in [0.4, 0.5) is 0 Å². The molecule has 1 aliphatic rings. The summed E-state index contributed by atoms with van der Waals surface area (Å²) in [5.41, 5.74) is 3.74. The molecule has 120 valence electrons. The van der Waals surface area contributed by atoms with E-state index < -0.39 is 0 Å². The third-order valence-electron chi connectivity index (χ3n) is 3.77. The molecule has 0 bridgehead atoms. The molecule has 2 aromatic rings. The van der Waals surface area contributed by atoms with Gasteiger partial charge in [0.05, 0.1) is 4.88 Å². The maximum atomic E-state index is 11.8. The summed E-state index contributed by atoms with van der Waals surface area (Å²) in [6.45, 7) is 2.68. The van der Waals surface area contributed by atoms with E-state index in [1.54, 1.807) is 6.07 Å². The van der Waals surface area contributed by atoms with E-state index in [2.05, 4.69) is 28.1 Å². The molecule has 1 aliphatic heterocycles. The highest BCUT2D eigenvalue weighted by atomic mass is 32.1. The van der Waals surface area contributed by atoms with Crippen LogP contribution in [0.1, 0.15) is 32.8 Å². The molecule has 2 heterocycles. The van der Waals surface area contributed by atoms with E-state index in [0.29, 0.717) is 18.0 Å². The largest absolute Gasteiger partial charge is 0.352 e. The van der Waals surface area contributed by atoms with Gasteiger partial charge in [0.2, 0.25) is 5.91 Å². The molecule has 2 amide bonds. The molecule has 23 heavy (non-hydrogen) atoms. The minimum Gasteiger partial charge on any atom is -0.352 e. The summed E-state index contributed by atoms with van der Waals surface area (Å²) in [4.78, 5) is 24.2. The van der Waals surface area contributed by atoms with Gasteiger partial charge < -0.3 is 16.0 Å². The van der Waals surface area contributed by atoms with Crippen molar-refractivity contribution in [1.82, 2.24) is 16.0 Å². The molecule has 6 heteroatoms. The SMILES string of the molecule is O=C(CCNC(=O)c1cccs1)NCc1ccc2c(c1)CNC2. The second-order valence-corrected chi connectivity index (χ2v) is 6.41. The Balaban J connectivity index is 1.39. The standard InChI is InChI=1S/C17H19N3O2S/c21-16(5-6-19-17(22)15-2-1-7-23-15)20-9-12-3-4-13-10-18-11-14(13)8-12/h1-4,7-8,18H,5-6,9-11H2,(H,19,22)(H,20,21). The zero-order valence-electron chi connectivity index (χ0n) is 12.7. The molecule has 0 saturated carbocycles. The number of carbonyl (C=O) groups is 2. The fourth-order valence-electron chi connectivity index (χ4n) is 2.53. The van der Waals surface area contributed by atoms with Gasteiger partial charge in [0.1, 0.15) is 0 Å². The lowest BCUT2D eigenvalue weighted by atomic mass is 10.1. The Morgan fingerprint density at radius 1 is 1.13 bits per heavy atom. The van der Waals surface area contributed by atoms with Gasteiger partial charge in [0.25, 0.3) is 5.91 Å². The molecule has 0 aliphatic carbocycles. The van der Waals surface area contributed by atoms with Crippen LogP contribution in [0, 0.1) is 0 Å². The number of thiophene rings is 1. The number of amides is 2. The molecule has 0 saturated heterocycles. The van der Waals surface area contributed by atoms with E-state index >= 15 is 0 Å². The van der Waals surface area contributed by atoms with Crippen molar-refractivity contribution >= 4 is 23.2 Å². The molecule has 3 rings (SSSR count). The first-order chi connectivity index (χ1) is 11.2. The monoisotopic (exact) mass is 329 g/mol. The molecule has 5 nitrogen and oxygen atoms in total. The topological polar surface area (TPSA) is 70.2 Å². The second kappa shape index (κ2) is 7.39. The highest BCUT2D eigenvalue weighted by molar-refractivity contribution is 7.12. The number of hydrogen-bond acceptors (Lipinski definition) is 4. The second-order valence-electron chi connectivity index (χ2n) is 5.47. The summed E-state index contributed by atoms with van der Waals surface area (Å²) < 4.78 is 0. The zero-order valence-corrected chi connectivity index (χ0v) is 13.5. The van der Waals surface area contributed by atoms with Crippen LogP contribution in [0.5, 0.6) is 0 Å². The minimum atomic E-state index is -0.126. The Bertz CT molecular complexity index is 698. The van der Waals surface area contributed by atoms with Gasteiger partial charge in [0, 0.05) is 32.6 Å². The number of fused-ring (bicyclic) bond motifs is 1. The van der Waals surface area contributed by atoms with Crippen LogP contribution in [-0.2, 0) is 24.4 Å². The molecule has 0 fully saturated rings. The quantitative estimate of drug-likeness (QED) is 0.757. The van der Waals surface area contributed by atoms with Crippen molar-refractivity contribution in [3.63, 3.8) is 0 Å². The predicted octanol–water partition coefficient (Wildman–Crippen LogP) is 1.79. The van der Waals surface area contributed by atoms with Gasteiger partial charge in [0.15, 0.2) is 0 Å². The number of carbonyl (C=O) groups excluding carboxylic acids is 2. The molecule has 0 radical (unpaired) electrons. The maximum absolute atomic E-state index is 11.8. The lowest BCUT2D eigenvalue weighted by Crippen LogP contribution is -2.30. The average Bonchev–Trinajstić information content (AvgIpc) is 3.23. The third-order valence-corrected chi connectivity index (χ3v) is 4.64. The van der Waals surface area contributed by atoms with E-state index in [0.717, 1.165) is 18.7 Å². The Morgan fingerprint density at radius 2 is 2.00 bits per heavy atom. The number of hydrogen-bond donors (Lipinski definition) is 3. The summed E-state index contributed by atoms with van der Waals surface area (Å²) in [7, 11) is 0. The molecule has 0 spiro atoms. The van der Waals surface area contributed by atoms with Crippen LogP contribution >= 0.6 is 11.3 Å². The van der Waals surface area contributed by atoms with Gasteiger partial charge in [-0.1, -0.05) is 24.3 Å². The lowest BCUT2D eigenvalue weighted by molar-refractivity contribution is -0.121. The Hall–Kier alpha value is -2.18. The Labute approximate surface area is 139 Å². The fourth-order valence-corrected chi connectivity index (χ4v) is 3.17. The lowest BCUT2D eigenvalue weighted by Gasteiger charge is -2.08. The van der Waals surface area contributed by atoms with Crippen LogP contribution in [0.15, 0.2) is 35.7 Å². The summed E-state index contributed by atoms with van der Waals surface area (Å²) in [6, 6.07) is 9.89. The Morgan fingerprint density at radius 3 is 2.83 bits per heavy atom. The summed E-state index contributed by atoms with van der Waals surface area (Å²) in [5.74, 6) is -0.186. The number of benzene rings is 1. The van der Waals surface area contributed by atoms with Crippen molar-refractivity contribution in [3.8, 4) is 0 Å². The van der Waals surface area contributed by atoms with Gasteiger partial charge >= 0.3 is 0 Å². The van der Waals surface area contributed by atoms with Crippen molar-refractivity contribution in [2.75, 3.05) is 6.54 Å². The van der Waals surface area contributed by atoms with E-state index in [4.69, 9.17) is 0 Å². The first kappa shape index (κ1) is 15.7. The number of rotatable bonds is 6. The molecular weight excluding hydrogens is 310 g/mol. The summed E-state index contributed by atoms with van der Waals surface area (Å²) in [6.07, 6.45) is 0.281. The first-order valence-electron chi connectivity index (χ1n) is 7.62. The predicted molar refractivity (Wildman–Crippen MR) is 90.1 cm³/mol. The van der Waals surface area contributed by atoms with Crippen molar-refractivity contribution in [1.29, 1.82) is 0 Å². The molecule has 0 atom stereocenters. The Kier molecular flexibility index (Phi) is 5.05. The van der Waals surface area contributed by atoms with Gasteiger partial charge in [-0.15, -0.1) is 11.3 Å². The van der Waals surface area contributed by atoms with Crippen molar-refractivity contribution in [2.24, 2.45) is 0 Å². The summed E-state index contributed by atoms with van der Waals surface area (Å²) in [5, 5.41) is 10.8. The van der Waals surface area contributed by atoms with Gasteiger partial charge in [-0.3, -0.25) is 9.59 Å². The highest BCUT2D eigenvalue weighted by Crippen LogP contribution is 2.16. The highest BCUT2D eigenvalue weighted by Gasteiger charge is 2.11. The summed E-state index contributed by atoms with van der Waals surface area (Å²) >= 11 is 1.39. The van der Waals surface area contributed by atoms with Crippen molar-refractivity contribution in [3.05, 3.63) is 57.3 Å². The fraction of sp³-hybridized carbons (Fsp3) is 0.294. The maximum Gasteiger partial charge on any atom is 0.261 e. The molecular formula is C17H19N3O2S. The van der Waals surface area contributed by atoms with Crippen molar-refractivity contribution in [2.45, 2.75) is 26.1 Å². The molecule has 1 aromatic carbocycles. The van der Waals surface area contributed by atoms with Crippen molar-refractivity contribution < 1.29 is 9.59 Å². The normalized spacial score (nSPS) is 12.7. The molecule has 1 aromatic heterocycles. The molecule has 3 N–H and O–H groups in total. The average molecular weight is 329 g/mol. The zero-order chi connectivity index (χ0) is 16.1. The van der Waals surface area contributed by atoms with E-state index in [-0.39, 0.29) is 18.2 Å². The first-order valence-corrected chi connectivity index (χ1v) is 8.50. The van der Waals surface area contributed by atoms with Gasteiger partial charge in [-0.05, 0) is 28.1 Å². The van der Waals surface area contributed by atoms with E-state index in [1.165, 1.54) is 22.5 Å². The third kappa shape index (κ3) is 4.18. The van der Waals surface area contributed by atoms with Gasteiger partial charge in [-0.25, -0.2) is 0 Å². The van der Waals surface area contributed by atoms with Crippen LogP contribution in [0.25, 0.3) is 0 Å². The smallest absolute Gasteiger partial charge is 0.261 e.